The highest BCUT2D eigenvalue weighted by Crippen LogP contribution is 2.32. The predicted octanol–water partition coefficient (Wildman–Crippen LogP) is 5.24. The molecule has 2 rings (SSSR count). The van der Waals surface area contributed by atoms with Gasteiger partial charge in [-0.25, -0.2) is 4.39 Å². The Labute approximate surface area is 132 Å². The molecule has 1 nitrogen and oxygen atoms in total. The average molecular weight is 356 g/mol. The number of thiophene rings is 1. The molecule has 4 heteroatoms. The van der Waals surface area contributed by atoms with E-state index in [2.05, 4.69) is 41.2 Å². The van der Waals surface area contributed by atoms with Crippen molar-refractivity contribution in [2.45, 2.75) is 32.7 Å². The highest BCUT2D eigenvalue weighted by Gasteiger charge is 2.15. The van der Waals surface area contributed by atoms with Crippen molar-refractivity contribution in [1.29, 1.82) is 0 Å². The summed E-state index contributed by atoms with van der Waals surface area (Å²) in [6.45, 7) is 5.26. The zero-order chi connectivity index (χ0) is 14.5. The Morgan fingerprint density at radius 2 is 2.00 bits per heavy atom. The van der Waals surface area contributed by atoms with Gasteiger partial charge in [0.1, 0.15) is 5.82 Å². The van der Waals surface area contributed by atoms with Gasteiger partial charge < -0.3 is 5.32 Å². The van der Waals surface area contributed by atoms with Crippen molar-refractivity contribution < 1.29 is 4.39 Å². The molecule has 1 aromatic heterocycles. The van der Waals surface area contributed by atoms with Gasteiger partial charge in [-0.3, -0.25) is 0 Å². The van der Waals surface area contributed by atoms with Gasteiger partial charge in [0.05, 0.1) is 3.79 Å². The van der Waals surface area contributed by atoms with Gasteiger partial charge in [-0.15, -0.1) is 11.3 Å². The van der Waals surface area contributed by atoms with Crippen LogP contribution in [0.5, 0.6) is 0 Å². The van der Waals surface area contributed by atoms with E-state index in [0.29, 0.717) is 0 Å². The molecule has 0 amide bonds. The molecule has 1 atom stereocenters. The summed E-state index contributed by atoms with van der Waals surface area (Å²) in [7, 11) is 0. The molecule has 0 bridgehead atoms. The van der Waals surface area contributed by atoms with Crippen LogP contribution in [0.15, 0.2) is 34.1 Å². The molecule has 0 saturated heterocycles. The summed E-state index contributed by atoms with van der Waals surface area (Å²) in [6.07, 6.45) is 1.98. The van der Waals surface area contributed by atoms with Crippen LogP contribution in [0.3, 0.4) is 0 Å². The van der Waals surface area contributed by atoms with E-state index < -0.39 is 0 Å². The third-order valence-corrected chi connectivity index (χ3v) is 5.46. The van der Waals surface area contributed by atoms with Crippen molar-refractivity contribution in [3.63, 3.8) is 0 Å². The summed E-state index contributed by atoms with van der Waals surface area (Å²) in [4.78, 5) is 1.33. The van der Waals surface area contributed by atoms with E-state index >= 15 is 0 Å². The molecule has 0 spiro atoms. The molecule has 1 heterocycles. The molecular weight excluding hydrogens is 337 g/mol. The number of aryl methyl sites for hydroxylation is 1. The van der Waals surface area contributed by atoms with E-state index in [-0.39, 0.29) is 11.9 Å². The van der Waals surface area contributed by atoms with Crippen LogP contribution in [-0.2, 0) is 6.42 Å². The maximum Gasteiger partial charge on any atom is 0.123 e. The molecular formula is C16H19BrFNS. The Balaban J connectivity index is 2.16. The van der Waals surface area contributed by atoms with Crippen LogP contribution in [0.4, 0.5) is 4.39 Å². The van der Waals surface area contributed by atoms with Crippen molar-refractivity contribution >= 4 is 27.3 Å². The lowest BCUT2D eigenvalue weighted by atomic mass is 10.0. The highest BCUT2D eigenvalue weighted by atomic mass is 79.9. The minimum atomic E-state index is -0.179. The van der Waals surface area contributed by atoms with Crippen molar-refractivity contribution in [1.82, 2.24) is 5.32 Å². The third kappa shape index (κ3) is 4.14. The van der Waals surface area contributed by atoms with Gasteiger partial charge in [-0.05, 0) is 71.6 Å². The third-order valence-electron chi connectivity index (χ3n) is 3.21. The Kier molecular flexibility index (Phi) is 5.75. The molecule has 0 aliphatic rings. The van der Waals surface area contributed by atoms with Crippen molar-refractivity contribution in [3.8, 4) is 0 Å². The lowest BCUT2D eigenvalue weighted by Crippen LogP contribution is -2.23. The Morgan fingerprint density at radius 1 is 1.30 bits per heavy atom. The largest absolute Gasteiger partial charge is 0.309 e. The molecule has 20 heavy (non-hydrogen) atoms. The SMILES string of the molecule is CCCNC(Cc1ccc(F)cc1)c1cc(C)c(Br)s1. The summed E-state index contributed by atoms with van der Waals surface area (Å²) in [6, 6.07) is 9.31. The minimum Gasteiger partial charge on any atom is -0.309 e. The second-order valence-corrected chi connectivity index (χ2v) is 7.34. The smallest absolute Gasteiger partial charge is 0.123 e. The van der Waals surface area contributed by atoms with E-state index in [9.17, 15) is 4.39 Å². The summed E-state index contributed by atoms with van der Waals surface area (Å²) >= 11 is 5.36. The second-order valence-electron chi connectivity index (χ2n) is 4.94. The van der Waals surface area contributed by atoms with E-state index in [1.54, 1.807) is 11.3 Å². The van der Waals surface area contributed by atoms with Gasteiger partial charge >= 0.3 is 0 Å². The van der Waals surface area contributed by atoms with Gasteiger partial charge in [0, 0.05) is 10.9 Å². The first kappa shape index (κ1) is 15.7. The number of hydrogen-bond donors (Lipinski definition) is 1. The fourth-order valence-electron chi connectivity index (χ4n) is 2.10. The fourth-order valence-corrected chi connectivity index (χ4v) is 3.75. The van der Waals surface area contributed by atoms with Crippen molar-refractivity contribution in [2.75, 3.05) is 6.54 Å². The second kappa shape index (κ2) is 7.34. The first-order valence-electron chi connectivity index (χ1n) is 6.83. The van der Waals surface area contributed by atoms with Crippen LogP contribution >= 0.6 is 27.3 Å². The molecule has 0 radical (unpaired) electrons. The fraction of sp³-hybridized carbons (Fsp3) is 0.375. The lowest BCUT2D eigenvalue weighted by Gasteiger charge is -2.17. The Bertz CT molecular complexity index is 531. The number of nitrogens with one attached hydrogen (secondary N) is 1. The predicted molar refractivity (Wildman–Crippen MR) is 87.9 cm³/mol. The van der Waals surface area contributed by atoms with Crippen LogP contribution in [0.1, 0.15) is 35.4 Å². The molecule has 0 fully saturated rings. The molecule has 0 saturated carbocycles. The zero-order valence-corrected chi connectivity index (χ0v) is 14.2. The van der Waals surface area contributed by atoms with Gasteiger partial charge in [-0.2, -0.15) is 0 Å². The quantitative estimate of drug-likeness (QED) is 0.746. The Hall–Kier alpha value is -0.710. The summed E-state index contributed by atoms with van der Waals surface area (Å²) in [5.41, 5.74) is 2.43. The molecule has 1 unspecified atom stereocenters. The molecule has 108 valence electrons. The van der Waals surface area contributed by atoms with Crippen LogP contribution in [0, 0.1) is 12.7 Å². The average Bonchev–Trinajstić information content (AvgIpc) is 2.77. The Morgan fingerprint density at radius 3 is 2.55 bits per heavy atom. The minimum absolute atomic E-state index is 0.179. The summed E-state index contributed by atoms with van der Waals surface area (Å²) < 4.78 is 14.2. The maximum absolute atomic E-state index is 13.0. The molecule has 1 aromatic carbocycles. The highest BCUT2D eigenvalue weighted by molar-refractivity contribution is 9.11. The molecule has 0 aliphatic heterocycles. The summed E-state index contributed by atoms with van der Waals surface area (Å²) in [5, 5.41) is 3.59. The molecule has 1 N–H and O–H groups in total. The van der Waals surface area contributed by atoms with E-state index in [4.69, 9.17) is 0 Å². The maximum atomic E-state index is 13.0. The molecule has 0 aliphatic carbocycles. The summed E-state index contributed by atoms with van der Waals surface area (Å²) in [5.74, 6) is -0.179. The van der Waals surface area contributed by atoms with E-state index in [1.165, 1.54) is 26.4 Å². The number of benzene rings is 1. The van der Waals surface area contributed by atoms with Crippen molar-refractivity contribution in [3.05, 3.63) is 55.9 Å². The first-order chi connectivity index (χ1) is 9.60. The van der Waals surface area contributed by atoms with Gasteiger partial charge in [0.25, 0.3) is 0 Å². The first-order valence-corrected chi connectivity index (χ1v) is 8.44. The van der Waals surface area contributed by atoms with Crippen LogP contribution in [0.25, 0.3) is 0 Å². The van der Waals surface area contributed by atoms with Gasteiger partial charge in [0.2, 0.25) is 0 Å². The normalized spacial score (nSPS) is 12.6. The van der Waals surface area contributed by atoms with Gasteiger partial charge in [-0.1, -0.05) is 19.1 Å². The van der Waals surface area contributed by atoms with Crippen LogP contribution in [0.2, 0.25) is 0 Å². The topological polar surface area (TPSA) is 12.0 Å². The standard InChI is InChI=1S/C16H19BrFNS/c1-3-8-19-14(15-9-11(2)16(17)20-15)10-12-4-6-13(18)7-5-12/h4-7,9,14,19H,3,8,10H2,1-2H3. The van der Waals surface area contributed by atoms with E-state index in [0.717, 1.165) is 24.9 Å². The monoisotopic (exact) mass is 355 g/mol. The van der Waals surface area contributed by atoms with Gasteiger partial charge in [0.15, 0.2) is 0 Å². The number of halogens is 2. The number of rotatable bonds is 6. The van der Waals surface area contributed by atoms with Crippen LogP contribution < -0.4 is 5.32 Å². The molecule has 2 aromatic rings. The van der Waals surface area contributed by atoms with E-state index in [1.807, 2.05) is 12.1 Å². The number of hydrogen-bond acceptors (Lipinski definition) is 2. The van der Waals surface area contributed by atoms with Crippen molar-refractivity contribution in [2.24, 2.45) is 0 Å². The lowest BCUT2D eigenvalue weighted by molar-refractivity contribution is 0.535. The van der Waals surface area contributed by atoms with Crippen LogP contribution in [-0.4, -0.2) is 6.54 Å². The zero-order valence-electron chi connectivity index (χ0n) is 11.7.